The van der Waals surface area contributed by atoms with Gasteiger partial charge in [0.05, 0.1) is 10.7 Å². The van der Waals surface area contributed by atoms with E-state index in [2.05, 4.69) is 27.5 Å². The van der Waals surface area contributed by atoms with Crippen LogP contribution in [0, 0.1) is 0 Å². The quantitative estimate of drug-likeness (QED) is 0.845. The fourth-order valence-corrected chi connectivity index (χ4v) is 2.61. The van der Waals surface area contributed by atoms with E-state index in [1.807, 2.05) is 0 Å². The van der Waals surface area contributed by atoms with Gasteiger partial charge in [0.2, 0.25) is 0 Å². The molecule has 1 aromatic rings. The van der Waals surface area contributed by atoms with E-state index in [1.54, 1.807) is 11.3 Å². The predicted octanol–water partition coefficient (Wildman–Crippen LogP) is 1.50. The van der Waals surface area contributed by atoms with Gasteiger partial charge in [0.1, 0.15) is 0 Å². The van der Waals surface area contributed by atoms with Crippen LogP contribution in [0.4, 0.5) is 0 Å². The highest BCUT2D eigenvalue weighted by molar-refractivity contribution is 7.09. The van der Waals surface area contributed by atoms with E-state index >= 15 is 0 Å². The zero-order chi connectivity index (χ0) is 10.5. The predicted molar refractivity (Wildman–Crippen MR) is 64.3 cm³/mol. The first-order chi connectivity index (χ1) is 7.38. The van der Waals surface area contributed by atoms with Crippen molar-refractivity contribution >= 4 is 11.3 Å². The highest BCUT2D eigenvalue weighted by Gasteiger charge is 2.10. The summed E-state index contributed by atoms with van der Waals surface area (Å²) < 4.78 is 0. The standard InChI is InChI=1S/C11H19N3S/c1-2-11-13-10(9-15-11)8-14-6-3-4-12-5-7-14/h9,12H,2-8H2,1H3. The minimum Gasteiger partial charge on any atom is -0.315 e. The molecule has 0 bridgehead atoms. The monoisotopic (exact) mass is 225 g/mol. The molecule has 0 spiro atoms. The van der Waals surface area contributed by atoms with E-state index in [4.69, 9.17) is 0 Å². The SMILES string of the molecule is CCc1nc(CN2CCCNCC2)cs1. The molecule has 84 valence electrons. The van der Waals surface area contributed by atoms with Gasteiger partial charge in [-0.25, -0.2) is 4.98 Å². The van der Waals surface area contributed by atoms with Crippen LogP contribution in [0.1, 0.15) is 24.0 Å². The molecular formula is C11H19N3S. The van der Waals surface area contributed by atoms with Crippen molar-refractivity contribution in [2.75, 3.05) is 26.2 Å². The van der Waals surface area contributed by atoms with Crippen molar-refractivity contribution < 1.29 is 0 Å². The number of nitrogens with zero attached hydrogens (tertiary/aromatic N) is 2. The number of rotatable bonds is 3. The molecule has 0 aliphatic carbocycles. The molecule has 0 amide bonds. The van der Waals surface area contributed by atoms with Gasteiger partial charge in [0.15, 0.2) is 0 Å². The summed E-state index contributed by atoms with van der Waals surface area (Å²) in [6.45, 7) is 7.82. The molecule has 0 unspecified atom stereocenters. The summed E-state index contributed by atoms with van der Waals surface area (Å²) in [7, 11) is 0. The maximum absolute atomic E-state index is 4.61. The number of aromatic nitrogens is 1. The number of nitrogens with one attached hydrogen (secondary N) is 1. The second-order valence-electron chi connectivity index (χ2n) is 3.97. The second-order valence-corrected chi connectivity index (χ2v) is 4.91. The van der Waals surface area contributed by atoms with Crippen molar-refractivity contribution in [1.29, 1.82) is 0 Å². The molecule has 0 radical (unpaired) electrons. The van der Waals surface area contributed by atoms with Crippen molar-refractivity contribution in [3.05, 3.63) is 16.1 Å². The fourth-order valence-electron chi connectivity index (χ4n) is 1.87. The first-order valence-electron chi connectivity index (χ1n) is 5.75. The van der Waals surface area contributed by atoms with Crippen LogP contribution in [-0.4, -0.2) is 36.1 Å². The maximum atomic E-state index is 4.61. The van der Waals surface area contributed by atoms with Gasteiger partial charge in [0, 0.05) is 25.0 Å². The third-order valence-electron chi connectivity index (χ3n) is 2.72. The first-order valence-corrected chi connectivity index (χ1v) is 6.63. The molecule has 0 atom stereocenters. The van der Waals surface area contributed by atoms with E-state index in [1.165, 1.54) is 23.7 Å². The van der Waals surface area contributed by atoms with Gasteiger partial charge in [0.25, 0.3) is 0 Å². The second kappa shape index (κ2) is 5.58. The zero-order valence-electron chi connectivity index (χ0n) is 9.33. The minimum absolute atomic E-state index is 1.03. The van der Waals surface area contributed by atoms with Gasteiger partial charge in [-0.3, -0.25) is 4.90 Å². The smallest absolute Gasteiger partial charge is 0.0926 e. The normalized spacial score (nSPS) is 19.0. The van der Waals surface area contributed by atoms with Gasteiger partial charge in [-0.05, 0) is 25.9 Å². The number of hydrogen-bond donors (Lipinski definition) is 1. The molecule has 15 heavy (non-hydrogen) atoms. The van der Waals surface area contributed by atoms with Gasteiger partial charge in [-0.2, -0.15) is 0 Å². The fraction of sp³-hybridized carbons (Fsp3) is 0.727. The Kier molecular flexibility index (Phi) is 4.11. The molecule has 1 aromatic heterocycles. The molecule has 0 saturated carbocycles. The zero-order valence-corrected chi connectivity index (χ0v) is 10.1. The van der Waals surface area contributed by atoms with Crippen LogP contribution < -0.4 is 5.32 Å². The molecule has 0 aromatic carbocycles. The largest absolute Gasteiger partial charge is 0.315 e. The average Bonchev–Trinajstić information content (AvgIpc) is 2.54. The summed E-state index contributed by atoms with van der Waals surface area (Å²) in [6.07, 6.45) is 2.32. The van der Waals surface area contributed by atoms with Crippen molar-refractivity contribution in [3.63, 3.8) is 0 Å². The number of thiazole rings is 1. The summed E-state index contributed by atoms with van der Waals surface area (Å²) in [4.78, 5) is 7.10. The van der Waals surface area contributed by atoms with Crippen molar-refractivity contribution in [2.24, 2.45) is 0 Å². The van der Waals surface area contributed by atoms with Crippen LogP contribution in [-0.2, 0) is 13.0 Å². The molecule has 4 heteroatoms. The van der Waals surface area contributed by atoms with Crippen molar-refractivity contribution in [1.82, 2.24) is 15.2 Å². The Morgan fingerprint density at radius 1 is 1.47 bits per heavy atom. The molecule has 1 fully saturated rings. The third kappa shape index (κ3) is 3.26. The lowest BCUT2D eigenvalue weighted by molar-refractivity contribution is 0.281. The molecule has 3 nitrogen and oxygen atoms in total. The topological polar surface area (TPSA) is 28.2 Å². The van der Waals surface area contributed by atoms with E-state index in [0.717, 1.165) is 32.6 Å². The number of hydrogen-bond acceptors (Lipinski definition) is 4. The molecule has 1 aliphatic heterocycles. The Bertz CT molecular complexity index is 290. The summed E-state index contributed by atoms with van der Waals surface area (Å²) >= 11 is 1.79. The van der Waals surface area contributed by atoms with Crippen LogP contribution >= 0.6 is 11.3 Å². The van der Waals surface area contributed by atoms with Gasteiger partial charge >= 0.3 is 0 Å². The summed E-state index contributed by atoms with van der Waals surface area (Å²) in [5, 5.41) is 6.89. The number of aryl methyl sites for hydroxylation is 1. The van der Waals surface area contributed by atoms with Crippen LogP contribution in [0.5, 0.6) is 0 Å². The van der Waals surface area contributed by atoms with E-state index in [0.29, 0.717) is 0 Å². The lowest BCUT2D eigenvalue weighted by atomic mass is 10.3. The van der Waals surface area contributed by atoms with E-state index in [-0.39, 0.29) is 0 Å². The maximum Gasteiger partial charge on any atom is 0.0926 e. The van der Waals surface area contributed by atoms with Gasteiger partial charge < -0.3 is 5.32 Å². The highest BCUT2D eigenvalue weighted by Crippen LogP contribution is 2.12. The van der Waals surface area contributed by atoms with Crippen molar-refractivity contribution in [3.8, 4) is 0 Å². The summed E-state index contributed by atoms with van der Waals surface area (Å²) in [5.74, 6) is 0. The molecule has 2 rings (SSSR count). The van der Waals surface area contributed by atoms with Gasteiger partial charge in [-0.15, -0.1) is 11.3 Å². The van der Waals surface area contributed by atoms with Crippen LogP contribution in [0.25, 0.3) is 0 Å². The average molecular weight is 225 g/mol. The minimum atomic E-state index is 1.03. The van der Waals surface area contributed by atoms with Crippen molar-refractivity contribution in [2.45, 2.75) is 26.3 Å². The van der Waals surface area contributed by atoms with Crippen LogP contribution in [0.3, 0.4) is 0 Å². The lowest BCUT2D eigenvalue weighted by Crippen LogP contribution is -2.27. The Morgan fingerprint density at radius 3 is 3.20 bits per heavy atom. The van der Waals surface area contributed by atoms with E-state index < -0.39 is 0 Å². The lowest BCUT2D eigenvalue weighted by Gasteiger charge is -2.17. The van der Waals surface area contributed by atoms with Crippen LogP contribution in [0.15, 0.2) is 5.38 Å². The molecule has 1 N–H and O–H groups in total. The molecule has 1 aliphatic rings. The summed E-state index contributed by atoms with van der Waals surface area (Å²) in [5.41, 5.74) is 1.25. The summed E-state index contributed by atoms with van der Waals surface area (Å²) in [6, 6.07) is 0. The molecule has 1 saturated heterocycles. The van der Waals surface area contributed by atoms with Crippen LogP contribution in [0.2, 0.25) is 0 Å². The Labute approximate surface area is 95.5 Å². The molecular weight excluding hydrogens is 206 g/mol. The first kappa shape index (κ1) is 11.0. The highest BCUT2D eigenvalue weighted by atomic mass is 32.1. The molecule has 2 heterocycles. The van der Waals surface area contributed by atoms with E-state index in [9.17, 15) is 0 Å². The Morgan fingerprint density at radius 2 is 2.40 bits per heavy atom. The Hall–Kier alpha value is -0.450. The van der Waals surface area contributed by atoms with Gasteiger partial charge in [-0.1, -0.05) is 6.92 Å². The Balaban J connectivity index is 1.89. The third-order valence-corrected chi connectivity index (χ3v) is 3.76.